The summed E-state index contributed by atoms with van der Waals surface area (Å²) in [6.07, 6.45) is 3.77. The van der Waals surface area contributed by atoms with Crippen LogP contribution in [-0.2, 0) is 4.79 Å². The number of carbonyl (C=O) groups excluding carboxylic acids is 1. The number of carbonyl (C=O) groups is 1. The van der Waals surface area contributed by atoms with E-state index in [4.69, 9.17) is 0 Å². The zero-order valence-corrected chi connectivity index (χ0v) is 15.2. The van der Waals surface area contributed by atoms with Crippen LogP contribution in [0.5, 0.6) is 0 Å². The van der Waals surface area contributed by atoms with Crippen molar-refractivity contribution in [3.8, 4) is 0 Å². The van der Waals surface area contributed by atoms with Gasteiger partial charge in [-0.15, -0.1) is 0 Å². The molecule has 0 radical (unpaired) electrons. The van der Waals surface area contributed by atoms with Crippen LogP contribution in [0.25, 0.3) is 0 Å². The summed E-state index contributed by atoms with van der Waals surface area (Å²) in [6.45, 7) is 5.37. The Bertz CT molecular complexity index is 762. The highest BCUT2D eigenvalue weighted by atomic mass is 16.1. The van der Waals surface area contributed by atoms with Crippen LogP contribution in [-0.4, -0.2) is 12.3 Å². The highest BCUT2D eigenvalue weighted by Gasteiger charge is 2.53. The largest absolute Gasteiger partial charge is 0.309 e. The molecule has 3 unspecified atom stereocenters. The Morgan fingerprint density at radius 3 is 2.44 bits per heavy atom. The SMILES string of the molecule is Cc1cccc(C)c1C1CC(=O)C2(CCCNC2c2ccccc2)C1. The Balaban J connectivity index is 1.72. The van der Waals surface area contributed by atoms with E-state index in [1.54, 1.807) is 0 Å². The zero-order valence-electron chi connectivity index (χ0n) is 15.2. The molecule has 130 valence electrons. The third-order valence-corrected chi connectivity index (χ3v) is 6.38. The van der Waals surface area contributed by atoms with Crippen molar-refractivity contribution in [1.82, 2.24) is 5.32 Å². The summed E-state index contributed by atoms with van der Waals surface area (Å²) >= 11 is 0. The summed E-state index contributed by atoms with van der Waals surface area (Å²) in [4.78, 5) is 13.3. The van der Waals surface area contributed by atoms with Crippen LogP contribution in [0.2, 0.25) is 0 Å². The Morgan fingerprint density at radius 1 is 1.00 bits per heavy atom. The number of piperidine rings is 1. The minimum atomic E-state index is -0.237. The quantitative estimate of drug-likeness (QED) is 0.850. The molecule has 1 saturated heterocycles. The van der Waals surface area contributed by atoms with Crippen LogP contribution in [0.3, 0.4) is 0 Å². The van der Waals surface area contributed by atoms with Crippen molar-refractivity contribution in [2.45, 2.75) is 51.5 Å². The molecule has 2 aromatic rings. The Kier molecular flexibility index (Phi) is 4.24. The fourth-order valence-electron chi connectivity index (χ4n) is 5.32. The van der Waals surface area contributed by atoms with E-state index < -0.39 is 0 Å². The topological polar surface area (TPSA) is 29.1 Å². The van der Waals surface area contributed by atoms with E-state index >= 15 is 0 Å². The maximum atomic E-state index is 13.3. The summed E-state index contributed by atoms with van der Waals surface area (Å²) in [5.74, 6) is 0.820. The lowest BCUT2D eigenvalue weighted by Crippen LogP contribution is -2.45. The standard InChI is InChI=1S/C23H27NO/c1-16-8-6-9-17(2)21(16)19-14-20(25)23(15-19)12-7-13-24-22(23)18-10-4-3-5-11-18/h3-6,8-11,19,22,24H,7,12-15H2,1-2H3. The highest BCUT2D eigenvalue weighted by Crippen LogP contribution is 2.55. The third-order valence-electron chi connectivity index (χ3n) is 6.38. The number of hydrogen-bond donors (Lipinski definition) is 1. The summed E-state index contributed by atoms with van der Waals surface area (Å²) in [6, 6.07) is 17.2. The fraction of sp³-hybridized carbons (Fsp3) is 0.435. The summed E-state index contributed by atoms with van der Waals surface area (Å²) in [5, 5.41) is 3.68. The van der Waals surface area contributed by atoms with Crippen LogP contribution in [0.1, 0.15) is 59.9 Å². The molecular weight excluding hydrogens is 306 g/mol. The van der Waals surface area contributed by atoms with E-state index in [0.717, 1.165) is 25.8 Å². The molecule has 3 atom stereocenters. The van der Waals surface area contributed by atoms with Gasteiger partial charge in [0, 0.05) is 17.9 Å². The fourth-order valence-corrected chi connectivity index (χ4v) is 5.32. The van der Waals surface area contributed by atoms with Crippen molar-refractivity contribution < 1.29 is 4.79 Å². The Hall–Kier alpha value is -1.93. The molecule has 0 bridgehead atoms. The van der Waals surface area contributed by atoms with Crippen molar-refractivity contribution in [2.24, 2.45) is 5.41 Å². The van der Waals surface area contributed by atoms with Crippen LogP contribution in [0, 0.1) is 19.3 Å². The summed E-state index contributed by atoms with van der Waals surface area (Å²) < 4.78 is 0. The van der Waals surface area contributed by atoms with Gasteiger partial charge < -0.3 is 5.32 Å². The molecule has 1 aliphatic heterocycles. The van der Waals surface area contributed by atoms with E-state index in [-0.39, 0.29) is 11.5 Å². The van der Waals surface area contributed by atoms with Crippen molar-refractivity contribution in [3.63, 3.8) is 0 Å². The minimum Gasteiger partial charge on any atom is -0.309 e. The van der Waals surface area contributed by atoms with Gasteiger partial charge in [0.15, 0.2) is 0 Å². The van der Waals surface area contributed by atoms with E-state index in [2.05, 4.69) is 67.7 Å². The first kappa shape index (κ1) is 16.5. The van der Waals surface area contributed by atoms with Gasteiger partial charge in [0.1, 0.15) is 5.78 Å². The number of hydrogen-bond acceptors (Lipinski definition) is 2. The molecule has 1 heterocycles. The van der Waals surface area contributed by atoms with Gasteiger partial charge in [0.05, 0.1) is 0 Å². The molecule has 25 heavy (non-hydrogen) atoms. The van der Waals surface area contributed by atoms with Crippen molar-refractivity contribution in [3.05, 3.63) is 70.8 Å². The molecular formula is C23H27NO. The predicted molar refractivity (Wildman–Crippen MR) is 102 cm³/mol. The van der Waals surface area contributed by atoms with Crippen molar-refractivity contribution in [1.29, 1.82) is 0 Å². The molecule has 2 aliphatic rings. The lowest BCUT2D eigenvalue weighted by molar-refractivity contribution is -0.128. The van der Waals surface area contributed by atoms with E-state index in [9.17, 15) is 4.79 Å². The molecule has 1 saturated carbocycles. The lowest BCUT2D eigenvalue weighted by atomic mass is 9.68. The van der Waals surface area contributed by atoms with E-state index in [1.165, 1.54) is 22.3 Å². The minimum absolute atomic E-state index is 0.157. The van der Waals surface area contributed by atoms with Crippen LogP contribution in [0.15, 0.2) is 48.5 Å². The molecule has 1 aliphatic carbocycles. The second kappa shape index (κ2) is 6.42. The number of benzene rings is 2. The van der Waals surface area contributed by atoms with Gasteiger partial charge in [-0.1, -0.05) is 48.5 Å². The second-order valence-electron chi connectivity index (χ2n) is 7.89. The van der Waals surface area contributed by atoms with Crippen molar-refractivity contribution in [2.75, 3.05) is 6.54 Å². The monoisotopic (exact) mass is 333 g/mol. The molecule has 1 spiro atoms. The number of nitrogens with one attached hydrogen (secondary N) is 1. The average molecular weight is 333 g/mol. The maximum Gasteiger partial charge on any atom is 0.141 e. The van der Waals surface area contributed by atoms with Crippen LogP contribution < -0.4 is 5.32 Å². The number of rotatable bonds is 2. The number of aryl methyl sites for hydroxylation is 2. The van der Waals surface area contributed by atoms with Gasteiger partial charge in [0.25, 0.3) is 0 Å². The highest BCUT2D eigenvalue weighted by molar-refractivity contribution is 5.89. The first-order chi connectivity index (χ1) is 12.1. The normalized spacial score (nSPS) is 29.3. The van der Waals surface area contributed by atoms with Crippen LogP contribution >= 0.6 is 0 Å². The molecule has 0 amide bonds. The summed E-state index contributed by atoms with van der Waals surface area (Å²) in [5.41, 5.74) is 5.09. The molecule has 1 N–H and O–H groups in total. The van der Waals surface area contributed by atoms with Gasteiger partial charge in [-0.3, -0.25) is 4.79 Å². The predicted octanol–water partition coefficient (Wildman–Crippen LogP) is 4.86. The Morgan fingerprint density at radius 2 is 1.72 bits per heavy atom. The average Bonchev–Trinajstić information content (AvgIpc) is 2.92. The smallest absolute Gasteiger partial charge is 0.141 e. The van der Waals surface area contributed by atoms with Crippen LogP contribution in [0.4, 0.5) is 0 Å². The van der Waals surface area contributed by atoms with Gasteiger partial charge >= 0.3 is 0 Å². The third kappa shape index (κ3) is 2.73. The summed E-state index contributed by atoms with van der Waals surface area (Å²) in [7, 11) is 0. The van der Waals surface area contributed by atoms with E-state index in [0.29, 0.717) is 18.1 Å². The molecule has 4 rings (SSSR count). The van der Waals surface area contributed by atoms with E-state index in [1.807, 2.05) is 0 Å². The number of ketones is 1. The van der Waals surface area contributed by atoms with Gasteiger partial charge in [-0.25, -0.2) is 0 Å². The molecule has 2 heteroatoms. The molecule has 2 nitrogen and oxygen atoms in total. The van der Waals surface area contributed by atoms with Crippen molar-refractivity contribution >= 4 is 5.78 Å². The number of Topliss-reactive ketones (excluding diaryl/α,β-unsaturated/α-hetero) is 1. The zero-order chi connectivity index (χ0) is 17.4. The molecule has 0 aromatic heterocycles. The molecule has 2 fully saturated rings. The first-order valence-electron chi connectivity index (χ1n) is 9.49. The van der Waals surface area contributed by atoms with Gasteiger partial charge in [-0.05, 0) is 67.8 Å². The lowest BCUT2D eigenvalue weighted by Gasteiger charge is -2.41. The van der Waals surface area contributed by atoms with Gasteiger partial charge in [-0.2, -0.15) is 0 Å². The second-order valence-corrected chi connectivity index (χ2v) is 7.89. The maximum absolute atomic E-state index is 13.3. The molecule has 2 aromatic carbocycles. The van der Waals surface area contributed by atoms with Gasteiger partial charge in [0.2, 0.25) is 0 Å². The Labute approximate surface area is 150 Å². The first-order valence-corrected chi connectivity index (χ1v) is 9.49.